The molecule has 0 amide bonds. The first-order valence-corrected chi connectivity index (χ1v) is 17.7. The maximum absolute atomic E-state index is 6.33. The monoisotopic (exact) mass is 678 g/mol. The maximum Gasteiger partial charge on any atom is 0.238 e. The molecule has 53 heavy (non-hydrogen) atoms. The van der Waals surface area contributed by atoms with Crippen molar-refractivity contribution in [2.24, 2.45) is 0 Å². The van der Waals surface area contributed by atoms with Crippen molar-refractivity contribution < 1.29 is 8.83 Å². The molecule has 1 aliphatic rings. The van der Waals surface area contributed by atoms with Crippen molar-refractivity contribution in [3.05, 3.63) is 158 Å². The number of aromatic nitrogens is 3. The molecule has 0 saturated carbocycles. The molecule has 0 aliphatic carbocycles. The fourth-order valence-corrected chi connectivity index (χ4v) is 8.24. The number of benzene rings is 8. The number of fused-ring (bicyclic) bond motifs is 10. The smallest absolute Gasteiger partial charge is 0.238 e. The molecule has 12 rings (SSSR count). The molecule has 6 heteroatoms. The largest absolute Gasteiger partial charge is 0.456 e. The number of nitrogens with zero attached hydrogens (tertiary/aromatic N) is 4. The number of hydrogen-bond donors (Lipinski definition) is 0. The fraction of sp³-hybridized carbons (Fsp3) is 0. The van der Waals surface area contributed by atoms with Gasteiger partial charge in [0.25, 0.3) is 0 Å². The quantitative estimate of drug-likeness (QED) is 0.185. The number of hydrogen-bond acceptors (Lipinski definition) is 6. The molecule has 1 aliphatic heterocycles. The Labute approximate surface area is 302 Å². The molecule has 0 fully saturated rings. The molecule has 3 aromatic heterocycles. The van der Waals surface area contributed by atoms with Gasteiger partial charge in [0.05, 0.1) is 11.4 Å². The average Bonchev–Trinajstić information content (AvgIpc) is 3.78. The van der Waals surface area contributed by atoms with E-state index in [2.05, 4.69) is 108 Å². The van der Waals surface area contributed by atoms with Gasteiger partial charge < -0.3 is 8.83 Å². The van der Waals surface area contributed by atoms with Crippen LogP contribution in [-0.4, -0.2) is 15.0 Å². The van der Waals surface area contributed by atoms with Crippen LogP contribution in [0.5, 0.6) is 0 Å². The lowest BCUT2D eigenvalue weighted by molar-refractivity contribution is 0.668. The molecule has 246 valence electrons. The highest BCUT2D eigenvalue weighted by molar-refractivity contribution is 6.19. The lowest BCUT2D eigenvalue weighted by Gasteiger charge is -2.32. The Bertz CT molecular complexity index is 3320. The van der Waals surface area contributed by atoms with Gasteiger partial charge in [-0.25, -0.2) is 4.98 Å². The van der Waals surface area contributed by atoms with E-state index in [9.17, 15) is 0 Å². The van der Waals surface area contributed by atoms with Crippen molar-refractivity contribution in [2.45, 2.75) is 0 Å². The summed E-state index contributed by atoms with van der Waals surface area (Å²) in [5.74, 6) is 1.65. The highest BCUT2D eigenvalue weighted by Gasteiger charge is 2.30. The van der Waals surface area contributed by atoms with Crippen LogP contribution in [0.3, 0.4) is 0 Å². The Kier molecular flexibility index (Phi) is 5.68. The Balaban J connectivity index is 1.15. The lowest BCUT2D eigenvalue weighted by Crippen LogP contribution is -2.19. The van der Waals surface area contributed by atoms with Crippen molar-refractivity contribution in [3.63, 3.8) is 0 Å². The average molecular weight is 679 g/mol. The van der Waals surface area contributed by atoms with E-state index < -0.39 is 0 Å². The Morgan fingerprint density at radius 1 is 0.396 bits per heavy atom. The van der Waals surface area contributed by atoms with Gasteiger partial charge in [-0.05, 0) is 76.3 Å². The van der Waals surface area contributed by atoms with Gasteiger partial charge in [-0.15, -0.1) is 0 Å². The summed E-state index contributed by atoms with van der Waals surface area (Å²) in [5, 5.41) is 8.88. The summed E-state index contributed by atoms with van der Waals surface area (Å²) < 4.78 is 12.5. The van der Waals surface area contributed by atoms with Gasteiger partial charge in [-0.2, -0.15) is 9.97 Å². The third kappa shape index (κ3) is 4.11. The molecule has 6 nitrogen and oxygen atoms in total. The van der Waals surface area contributed by atoms with Crippen molar-refractivity contribution in [1.29, 1.82) is 0 Å². The van der Waals surface area contributed by atoms with Crippen molar-refractivity contribution >= 4 is 82.7 Å². The van der Waals surface area contributed by atoms with Gasteiger partial charge in [0.2, 0.25) is 5.95 Å². The van der Waals surface area contributed by atoms with E-state index in [1.54, 1.807) is 0 Å². The maximum atomic E-state index is 6.33. The van der Waals surface area contributed by atoms with Crippen LogP contribution in [0.2, 0.25) is 0 Å². The van der Waals surface area contributed by atoms with Gasteiger partial charge in [0, 0.05) is 43.6 Å². The molecule has 0 atom stereocenters. The third-order valence-corrected chi connectivity index (χ3v) is 10.6. The lowest BCUT2D eigenvalue weighted by atomic mass is 9.88. The Morgan fingerprint density at radius 3 is 1.85 bits per heavy atom. The van der Waals surface area contributed by atoms with Crippen LogP contribution < -0.4 is 4.90 Å². The highest BCUT2D eigenvalue weighted by atomic mass is 16.3. The first-order valence-electron chi connectivity index (χ1n) is 17.7. The second-order valence-electron chi connectivity index (χ2n) is 13.6. The summed E-state index contributed by atoms with van der Waals surface area (Å²) in [6.07, 6.45) is 0. The topological polar surface area (TPSA) is 68.2 Å². The van der Waals surface area contributed by atoms with Crippen molar-refractivity contribution in [3.8, 4) is 33.9 Å². The minimum Gasteiger partial charge on any atom is -0.456 e. The molecule has 0 spiro atoms. The molecular weight excluding hydrogens is 653 g/mol. The van der Waals surface area contributed by atoms with E-state index in [4.69, 9.17) is 23.8 Å². The zero-order chi connectivity index (χ0) is 34.6. The first kappa shape index (κ1) is 28.4. The van der Waals surface area contributed by atoms with Crippen LogP contribution in [0.1, 0.15) is 0 Å². The molecule has 0 saturated heterocycles. The highest BCUT2D eigenvalue weighted by Crippen LogP contribution is 2.52. The van der Waals surface area contributed by atoms with Crippen LogP contribution >= 0.6 is 0 Å². The van der Waals surface area contributed by atoms with E-state index in [1.165, 1.54) is 16.3 Å². The zero-order valence-electron chi connectivity index (χ0n) is 28.1. The van der Waals surface area contributed by atoms with Crippen LogP contribution in [0.4, 0.5) is 17.3 Å². The van der Waals surface area contributed by atoms with Gasteiger partial charge in [-0.1, -0.05) is 103 Å². The second-order valence-corrected chi connectivity index (χ2v) is 13.6. The Morgan fingerprint density at radius 2 is 1.02 bits per heavy atom. The van der Waals surface area contributed by atoms with Gasteiger partial charge in [0.15, 0.2) is 11.6 Å². The van der Waals surface area contributed by atoms with E-state index >= 15 is 0 Å². The Hall–Kier alpha value is -7.31. The molecule has 0 bridgehead atoms. The third-order valence-electron chi connectivity index (χ3n) is 10.6. The van der Waals surface area contributed by atoms with Crippen LogP contribution in [0, 0.1) is 0 Å². The first-order chi connectivity index (χ1) is 26.2. The van der Waals surface area contributed by atoms with Gasteiger partial charge in [0.1, 0.15) is 22.3 Å². The molecule has 8 aromatic carbocycles. The van der Waals surface area contributed by atoms with Crippen LogP contribution in [-0.2, 0) is 0 Å². The summed E-state index contributed by atoms with van der Waals surface area (Å²) in [6.45, 7) is 0. The molecule has 11 aromatic rings. The van der Waals surface area contributed by atoms with E-state index in [-0.39, 0.29) is 0 Å². The predicted octanol–water partition coefficient (Wildman–Crippen LogP) is 12.8. The van der Waals surface area contributed by atoms with Crippen LogP contribution in [0.25, 0.3) is 99.3 Å². The normalized spacial score (nSPS) is 12.5. The predicted molar refractivity (Wildman–Crippen MR) is 214 cm³/mol. The van der Waals surface area contributed by atoms with Crippen LogP contribution in [0.15, 0.2) is 167 Å². The fourth-order valence-electron chi connectivity index (χ4n) is 8.24. The second kappa shape index (κ2) is 10.6. The van der Waals surface area contributed by atoms with E-state index in [0.717, 1.165) is 82.7 Å². The molecule has 0 unspecified atom stereocenters. The number of rotatable bonds is 3. The van der Waals surface area contributed by atoms with Crippen molar-refractivity contribution in [2.75, 3.05) is 4.90 Å². The number of para-hydroxylation sites is 2. The number of anilines is 3. The summed E-state index contributed by atoms with van der Waals surface area (Å²) in [7, 11) is 0. The molecule has 4 heterocycles. The minimum absolute atomic E-state index is 0.533. The zero-order valence-corrected chi connectivity index (χ0v) is 28.1. The van der Waals surface area contributed by atoms with Gasteiger partial charge in [-0.3, -0.25) is 4.90 Å². The summed E-state index contributed by atoms with van der Waals surface area (Å²) in [4.78, 5) is 18.0. The van der Waals surface area contributed by atoms with Crippen molar-refractivity contribution in [1.82, 2.24) is 15.0 Å². The number of furan rings is 2. The summed E-state index contributed by atoms with van der Waals surface area (Å²) in [5.41, 5.74) is 9.40. The molecule has 0 radical (unpaired) electrons. The molecular formula is C47H26N4O2. The van der Waals surface area contributed by atoms with E-state index in [0.29, 0.717) is 17.6 Å². The van der Waals surface area contributed by atoms with Gasteiger partial charge >= 0.3 is 0 Å². The standard InChI is InChI=1S/C47H26N4O2/c1-2-12-31-27(9-1)20-23-38-44(31)35-15-7-10-28-11-8-16-37(43(28)35)51(38)47-49-45(29-21-24-41-36(25-29)33-14-4-6-18-40(33)52-41)48-46(50-47)30-19-22-34-32-13-3-5-17-39(32)53-42(34)26-30/h1-26H. The summed E-state index contributed by atoms with van der Waals surface area (Å²) in [6, 6.07) is 54.6. The SMILES string of the molecule is c1ccc2c3c(ccc2c1)N(c1nc(-c2ccc4c(c2)oc2ccccc24)nc(-c2ccc4oc5ccccc5c4c2)n1)c1cccc2cccc-3c12. The summed E-state index contributed by atoms with van der Waals surface area (Å²) >= 11 is 0. The van der Waals surface area contributed by atoms with E-state index in [1.807, 2.05) is 54.6 Å². The molecule has 0 N–H and O–H groups in total. The minimum atomic E-state index is 0.533.